The third-order valence-electron chi connectivity index (χ3n) is 10.9. The van der Waals surface area contributed by atoms with Crippen LogP contribution in [0.15, 0.2) is 103 Å². The van der Waals surface area contributed by atoms with E-state index < -0.39 is 65.5 Å². The number of hydrogen-bond donors (Lipinski definition) is 7. The van der Waals surface area contributed by atoms with E-state index >= 15 is 0 Å². The molecule has 0 spiro atoms. The van der Waals surface area contributed by atoms with E-state index in [0.717, 1.165) is 16.0 Å². The maximum Gasteiger partial charge on any atom is 0.251 e. The largest absolute Gasteiger partial charge is 0.507 e. The molecule has 5 aromatic rings. The summed E-state index contributed by atoms with van der Waals surface area (Å²) in [5.74, 6) is -4.68. The van der Waals surface area contributed by atoms with E-state index in [1.54, 1.807) is 36.4 Å². The van der Waals surface area contributed by atoms with E-state index in [1.807, 2.05) is 12.1 Å². The van der Waals surface area contributed by atoms with E-state index in [9.17, 15) is 39.0 Å². The summed E-state index contributed by atoms with van der Waals surface area (Å²) in [6.45, 7) is 3.20. The number of amides is 5. The van der Waals surface area contributed by atoms with Gasteiger partial charge in [-0.3, -0.25) is 28.8 Å². The van der Waals surface area contributed by atoms with Crippen LogP contribution in [0.4, 0.5) is 0 Å². The molecule has 1 aromatic heterocycles. The third-order valence-corrected chi connectivity index (χ3v) is 11.2. The van der Waals surface area contributed by atoms with Crippen LogP contribution in [0.3, 0.4) is 0 Å². The van der Waals surface area contributed by atoms with Crippen LogP contribution in [-0.4, -0.2) is 98.2 Å². The minimum absolute atomic E-state index is 0.0996. The van der Waals surface area contributed by atoms with E-state index in [-0.39, 0.29) is 52.4 Å². The molecule has 4 aromatic carbocycles. The molecule has 17 heteroatoms. The van der Waals surface area contributed by atoms with Crippen molar-refractivity contribution in [2.75, 3.05) is 13.6 Å². The van der Waals surface area contributed by atoms with Crippen molar-refractivity contribution in [1.29, 1.82) is 0 Å². The number of nitrogens with one attached hydrogen (secondary N) is 4. The van der Waals surface area contributed by atoms with Gasteiger partial charge in [-0.05, 0) is 117 Å². The number of fused-ring (bicyclic) bond motifs is 5. The van der Waals surface area contributed by atoms with Crippen LogP contribution in [0, 0.1) is 0 Å². The predicted molar refractivity (Wildman–Crippen MR) is 239 cm³/mol. The lowest BCUT2D eigenvalue weighted by atomic mass is 9.93. The van der Waals surface area contributed by atoms with Gasteiger partial charge in [0.2, 0.25) is 29.4 Å². The van der Waals surface area contributed by atoms with Gasteiger partial charge in [-0.1, -0.05) is 48.0 Å². The maximum absolute atomic E-state index is 14.6. The number of carbonyl (C=O) groups excluding carboxylic acids is 6. The molecule has 4 bridgehead atoms. The monoisotopic (exact) mass is 888 g/mol. The number of phenols is 2. The first-order valence-electron chi connectivity index (χ1n) is 20.7. The Bertz CT molecular complexity index is 2520. The summed E-state index contributed by atoms with van der Waals surface area (Å²) in [7, 11) is 1.39. The standard InChI is InChI=1S/C47H49ClN8O8/c1-26(41(59)42-50-21-6-22-51-42)52-45(62)37-24-28-8-18-38(57)34(23-28)35-25-32(15-19-39(35)58)40(46(63)53-27(2)43(60)55-37)56(3)47(64)36(7-4-5-20-49)54-44(61)31-11-9-29(10-12-31)30-13-16-33(48)17-14-30/h6,8-19,21-23,25-27,36-37,40,57-58H,4-5,7,20,24,49H2,1-3H3,(H,52,62)(H,53,63)(H,54,61)(H,55,60)/t26?,27-,36-,37-,40-/m0/s1. The number of nitrogens with two attached hydrogens (primary N) is 1. The lowest BCUT2D eigenvalue weighted by Crippen LogP contribution is -2.57. The van der Waals surface area contributed by atoms with Crippen LogP contribution in [-0.2, 0) is 25.6 Å². The summed E-state index contributed by atoms with van der Waals surface area (Å²) >= 11 is 6.05. The third kappa shape index (κ3) is 11.1. The Balaban J connectivity index is 1.31. The molecule has 1 unspecified atom stereocenters. The van der Waals surface area contributed by atoms with Crippen molar-refractivity contribution in [3.8, 4) is 33.8 Å². The highest BCUT2D eigenvalue weighted by atomic mass is 35.5. The molecule has 332 valence electrons. The Kier molecular flexibility index (Phi) is 15.1. The summed E-state index contributed by atoms with van der Waals surface area (Å²) < 4.78 is 0. The first-order chi connectivity index (χ1) is 30.6. The van der Waals surface area contributed by atoms with Crippen LogP contribution in [0.5, 0.6) is 11.5 Å². The van der Waals surface area contributed by atoms with E-state index in [0.29, 0.717) is 30.0 Å². The molecule has 0 fully saturated rings. The number of aromatic hydroxyl groups is 2. The van der Waals surface area contributed by atoms with E-state index in [4.69, 9.17) is 17.3 Å². The number of halogens is 1. The zero-order valence-corrected chi connectivity index (χ0v) is 36.1. The van der Waals surface area contributed by atoms with Crippen molar-refractivity contribution in [1.82, 2.24) is 36.1 Å². The molecule has 0 aliphatic carbocycles. The Morgan fingerprint density at radius 1 is 0.844 bits per heavy atom. The second-order valence-corrected chi connectivity index (χ2v) is 16.0. The zero-order valence-electron chi connectivity index (χ0n) is 35.4. The second-order valence-electron chi connectivity index (χ2n) is 15.5. The average Bonchev–Trinajstić information content (AvgIpc) is 3.29. The number of benzene rings is 4. The fraction of sp³-hybridized carbons (Fsp3) is 0.277. The van der Waals surface area contributed by atoms with Gasteiger partial charge >= 0.3 is 0 Å². The van der Waals surface area contributed by atoms with Crippen molar-refractivity contribution in [3.05, 3.63) is 131 Å². The Labute approximate surface area is 374 Å². The lowest BCUT2D eigenvalue weighted by molar-refractivity contribution is -0.141. The Hall–Kier alpha value is -7.17. The summed E-state index contributed by atoms with van der Waals surface area (Å²) in [6.07, 6.45) is 3.84. The second kappa shape index (κ2) is 20.8. The number of Topliss-reactive ketones (excluding diaryl/α,β-unsaturated/α-hetero) is 1. The Morgan fingerprint density at radius 3 is 2.12 bits per heavy atom. The van der Waals surface area contributed by atoms with Crippen LogP contribution in [0.25, 0.3) is 22.3 Å². The molecule has 16 nitrogen and oxygen atoms in total. The van der Waals surface area contributed by atoms with Gasteiger partial charge in [0.1, 0.15) is 35.7 Å². The summed E-state index contributed by atoms with van der Waals surface area (Å²) in [5.41, 5.74) is 8.70. The summed E-state index contributed by atoms with van der Waals surface area (Å²) in [6, 6.07) is 18.0. The molecule has 0 saturated heterocycles. The number of phenolic OH excluding ortho intramolecular Hbond substituents is 2. The van der Waals surface area contributed by atoms with Gasteiger partial charge in [0.05, 0.1) is 6.04 Å². The average molecular weight is 889 g/mol. The molecule has 8 N–H and O–H groups in total. The van der Waals surface area contributed by atoms with Gasteiger partial charge in [0.15, 0.2) is 5.82 Å². The first-order valence-corrected chi connectivity index (χ1v) is 21.0. The van der Waals surface area contributed by atoms with Crippen molar-refractivity contribution in [3.63, 3.8) is 0 Å². The highest BCUT2D eigenvalue weighted by Gasteiger charge is 2.36. The predicted octanol–water partition coefficient (Wildman–Crippen LogP) is 4.24. The van der Waals surface area contributed by atoms with Gasteiger partial charge in [-0.25, -0.2) is 9.97 Å². The van der Waals surface area contributed by atoms with E-state index in [1.165, 1.54) is 75.8 Å². The number of aromatic nitrogens is 2. The van der Waals surface area contributed by atoms with Crippen LogP contribution < -0.4 is 27.0 Å². The minimum atomic E-state index is -1.45. The molecular weight excluding hydrogens is 840 g/mol. The van der Waals surface area contributed by atoms with Gasteiger partial charge in [0, 0.05) is 47.6 Å². The number of carbonyl (C=O) groups is 6. The van der Waals surface area contributed by atoms with Gasteiger partial charge in [-0.2, -0.15) is 0 Å². The van der Waals surface area contributed by atoms with Gasteiger partial charge in [0.25, 0.3) is 5.91 Å². The minimum Gasteiger partial charge on any atom is -0.507 e. The number of ketones is 1. The van der Waals surface area contributed by atoms with Crippen molar-refractivity contribution in [2.45, 2.75) is 69.7 Å². The molecule has 1 aliphatic heterocycles. The molecule has 5 atom stereocenters. The number of nitrogens with zero attached hydrogens (tertiary/aromatic N) is 3. The number of rotatable bonds is 13. The van der Waals surface area contributed by atoms with Crippen LogP contribution >= 0.6 is 11.6 Å². The van der Waals surface area contributed by atoms with Gasteiger partial charge < -0.3 is 42.1 Å². The number of unbranched alkanes of at least 4 members (excludes halogenated alkanes) is 1. The maximum atomic E-state index is 14.6. The Morgan fingerprint density at radius 2 is 1.47 bits per heavy atom. The number of hydrogen-bond acceptors (Lipinski definition) is 11. The van der Waals surface area contributed by atoms with Crippen LogP contribution in [0.1, 0.15) is 71.3 Å². The number of likely N-dealkylation sites (N-methyl/N-ethyl adjacent to an activating group) is 1. The molecule has 5 amide bonds. The SMILES string of the molecule is CC(NC(=O)[C@@H]1Cc2ccc(O)c(c2)-c2cc(ccc2O)[C@H](N(C)C(=O)[C@H](CCCCN)NC(=O)c2ccc(-c3ccc(Cl)cc3)cc2)C(=O)N[C@@H](C)C(=O)N1)C(=O)c1ncccn1. The molecule has 64 heavy (non-hydrogen) atoms. The van der Waals surface area contributed by atoms with Crippen molar-refractivity contribution >= 4 is 46.9 Å². The summed E-state index contributed by atoms with van der Waals surface area (Å²) in [5, 5.41) is 33.6. The van der Waals surface area contributed by atoms with Crippen LogP contribution in [0.2, 0.25) is 5.02 Å². The fourth-order valence-corrected chi connectivity index (χ4v) is 7.46. The molecule has 0 saturated carbocycles. The lowest BCUT2D eigenvalue weighted by Gasteiger charge is -2.32. The molecule has 0 radical (unpaired) electrons. The summed E-state index contributed by atoms with van der Waals surface area (Å²) in [4.78, 5) is 92.5. The molecular formula is C47H49ClN8O8. The molecule has 1 aliphatic rings. The van der Waals surface area contributed by atoms with E-state index in [2.05, 4.69) is 31.2 Å². The topological polar surface area (TPSA) is 246 Å². The van der Waals surface area contributed by atoms with Gasteiger partial charge in [-0.15, -0.1) is 0 Å². The smallest absolute Gasteiger partial charge is 0.251 e. The van der Waals surface area contributed by atoms with Crippen molar-refractivity contribution < 1.29 is 39.0 Å². The zero-order chi connectivity index (χ0) is 46.1. The highest BCUT2D eigenvalue weighted by molar-refractivity contribution is 6.30. The van der Waals surface area contributed by atoms with Crippen molar-refractivity contribution in [2.24, 2.45) is 5.73 Å². The first kappa shape index (κ1) is 46.3. The molecule has 2 heterocycles. The normalized spacial score (nSPS) is 17.1. The molecule has 6 rings (SSSR count). The quantitative estimate of drug-likeness (QED) is 0.0651. The highest BCUT2D eigenvalue weighted by Crippen LogP contribution is 2.39. The fourth-order valence-electron chi connectivity index (χ4n) is 7.34.